The average molecular weight is 322 g/mol. The topological polar surface area (TPSA) is 109 Å². The first-order chi connectivity index (χ1) is 9.66. The number of benzene rings is 1. The molecular weight excluding hydrogens is 306 g/mol. The van der Waals surface area contributed by atoms with Crippen molar-refractivity contribution < 1.29 is 27.1 Å². The zero-order chi connectivity index (χ0) is 16.2. The molecule has 9 heteroatoms. The van der Waals surface area contributed by atoms with Crippen LogP contribution < -0.4 is 10.5 Å². The van der Waals surface area contributed by atoms with Crippen molar-refractivity contribution in [2.45, 2.75) is 30.1 Å². The van der Waals surface area contributed by atoms with Crippen molar-refractivity contribution in [3.05, 3.63) is 29.8 Å². The molecule has 1 amide bonds. The van der Waals surface area contributed by atoms with Crippen LogP contribution in [0.2, 0.25) is 0 Å². The normalized spacial score (nSPS) is 16.0. The molecule has 118 valence electrons. The van der Waals surface area contributed by atoms with Crippen molar-refractivity contribution in [3.8, 4) is 0 Å². The van der Waals surface area contributed by atoms with Gasteiger partial charge in [0.25, 0.3) is 5.91 Å². The predicted molar refractivity (Wildman–Crippen MR) is 71.3 cm³/mol. The Kier molecular flexibility index (Phi) is 5.76. The van der Waals surface area contributed by atoms with Crippen LogP contribution >= 0.6 is 0 Å². The fraction of sp³-hybridized carbons (Fsp3) is 0.417. The predicted octanol–water partition coefficient (Wildman–Crippen LogP) is 0.180. The molecule has 0 aromatic heterocycles. The van der Waals surface area contributed by atoms with Crippen molar-refractivity contribution in [2.24, 2.45) is 5.14 Å². The summed E-state index contributed by atoms with van der Waals surface area (Å²) in [4.78, 5) is 11.0. The van der Waals surface area contributed by atoms with E-state index in [4.69, 9.17) is 5.14 Å². The molecule has 1 rings (SSSR count). The van der Waals surface area contributed by atoms with Gasteiger partial charge in [-0.2, -0.15) is 0 Å². The van der Waals surface area contributed by atoms with Gasteiger partial charge in [-0.1, -0.05) is 12.1 Å². The zero-order valence-electron chi connectivity index (χ0n) is 11.2. The Morgan fingerprint density at radius 1 is 1.38 bits per heavy atom. The van der Waals surface area contributed by atoms with Gasteiger partial charge in [-0.05, 0) is 24.6 Å². The number of halogens is 2. The van der Waals surface area contributed by atoms with Crippen molar-refractivity contribution in [1.82, 2.24) is 5.32 Å². The van der Waals surface area contributed by atoms with E-state index in [1.165, 1.54) is 12.1 Å². The number of sulfonamides is 1. The SMILES string of the molecule is C[C@@H](F)C(=O)N[C@H](CF)[C@H](O)c1ccc(S(N)(=O)=O)cc1. The monoisotopic (exact) mass is 322 g/mol. The Balaban J connectivity index is 2.90. The Morgan fingerprint density at radius 3 is 2.29 bits per heavy atom. The minimum absolute atomic E-state index is 0.164. The second-order valence-electron chi connectivity index (χ2n) is 4.44. The standard InChI is InChI=1S/C12H16F2N2O4S/c1-7(14)12(18)16-10(6-13)11(17)8-2-4-9(5-3-8)21(15,19)20/h2-5,7,10-11,17H,6H2,1H3,(H,16,18)(H2,15,19,20)/t7-,10-,11-/m1/s1. The van der Waals surface area contributed by atoms with Gasteiger partial charge in [-0.25, -0.2) is 22.3 Å². The fourth-order valence-electron chi connectivity index (χ4n) is 1.59. The lowest BCUT2D eigenvalue weighted by atomic mass is 10.0. The molecule has 6 nitrogen and oxygen atoms in total. The van der Waals surface area contributed by atoms with Crippen LogP contribution in [0.5, 0.6) is 0 Å². The minimum atomic E-state index is -3.88. The number of hydrogen-bond acceptors (Lipinski definition) is 4. The first-order valence-corrected chi connectivity index (χ1v) is 7.52. The van der Waals surface area contributed by atoms with Crippen LogP contribution in [0, 0.1) is 0 Å². The number of carbonyl (C=O) groups is 1. The average Bonchev–Trinajstić information content (AvgIpc) is 2.42. The van der Waals surface area contributed by atoms with Crippen LogP contribution in [0.15, 0.2) is 29.2 Å². The number of nitrogens with two attached hydrogens (primary N) is 1. The molecule has 0 fully saturated rings. The van der Waals surface area contributed by atoms with Crippen molar-refractivity contribution >= 4 is 15.9 Å². The highest BCUT2D eigenvalue weighted by atomic mass is 32.2. The van der Waals surface area contributed by atoms with Crippen LogP contribution in [-0.2, 0) is 14.8 Å². The van der Waals surface area contributed by atoms with Crippen molar-refractivity contribution in [2.75, 3.05) is 6.67 Å². The minimum Gasteiger partial charge on any atom is -0.386 e. The van der Waals surface area contributed by atoms with Gasteiger partial charge < -0.3 is 10.4 Å². The summed E-state index contributed by atoms with van der Waals surface area (Å²) in [5, 5.41) is 16.9. The van der Waals surface area contributed by atoms with E-state index in [0.29, 0.717) is 0 Å². The van der Waals surface area contributed by atoms with Gasteiger partial charge >= 0.3 is 0 Å². The van der Waals surface area contributed by atoms with E-state index in [1.54, 1.807) is 0 Å². The van der Waals surface area contributed by atoms with Crippen LogP contribution in [0.1, 0.15) is 18.6 Å². The molecule has 0 saturated heterocycles. The first-order valence-electron chi connectivity index (χ1n) is 5.98. The number of alkyl halides is 2. The molecule has 0 saturated carbocycles. The molecule has 1 aromatic rings. The van der Waals surface area contributed by atoms with Crippen LogP contribution in [0.4, 0.5) is 8.78 Å². The summed E-state index contributed by atoms with van der Waals surface area (Å²) in [6.07, 6.45) is -3.29. The highest BCUT2D eigenvalue weighted by Crippen LogP contribution is 2.19. The summed E-state index contributed by atoms with van der Waals surface area (Å²) >= 11 is 0. The van der Waals surface area contributed by atoms with E-state index in [-0.39, 0.29) is 10.5 Å². The summed E-state index contributed by atoms with van der Waals surface area (Å²) in [7, 11) is -3.88. The van der Waals surface area contributed by atoms with E-state index in [2.05, 4.69) is 0 Å². The number of amides is 1. The fourth-order valence-corrected chi connectivity index (χ4v) is 2.10. The van der Waals surface area contributed by atoms with Gasteiger partial charge in [0.1, 0.15) is 12.8 Å². The number of carbonyl (C=O) groups excluding carboxylic acids is 1. The van der Waals surface area contributed by atoms with E-state index >= 15 is 0 Å². The van der Waals surface area contributed by atoms with Gasteiger partial charge in [0, 0.05) is 0 Å². The van der Waals surface area contributed by atoms with Gasteiger partial charge in [-0.3, -0.25) is 4.79 Å². The third-order valence-electron chi connectivity index (χ3n) is 2.79. The number of hydrogen-bond donors (Lipinski definition) is 3. The number of aliphatic hydroxyl groups excluding tert-OH is 1. The quantitative estimate of drug-likeness (QED) is 0.694. The molecule has 0 aliphatic rings. The molecule has 4 N–H and O–H groups in total. The summed E-state index contributed by atoms with van der Waals surface area (Å²) in [6.45, 7) is -0.130. The lowest BCUT2D eigenvalue weighted by Gasteiger charge is -2.22. The van der Waals surface area contributed by atoms with Gasteiger partial charge in [-0.15, -0.1) is 0 Å². The highest BCUT2D eigenvalue weighted by Gasteiger charge is 2.25. The molecular formula is C12H16F2N2O4S. The van der Waals surface area contributed by atoms with Gasteiger partial charge in [0.15, 0.2) is 6.17 Å². The highest BCUT2D eigenvalue weighted by molar-refractivity contribution is 7.89. The van der Waals surface area contributed by atoms with Crippen LogP contribution in [-0.4, -0.2) is 38.3 Å². The molecule has 0 aliphatic heterocycles. The third-order valence-corrected chi connectivity index (χ3v) is 3.72. The van der Waals surface area contributed by atoms with Gasteiger partial charge in [0.05, 0.1) is 10.9 Å². The van der Waals surface area contributed by atoms with Crippen LogP contribution in [0.3, 0.4) is 0 Å². The molecule has 0 heterocycles. The maximum atomic E-state index is 12.9. The molecule has 0 unspecified atom stereocenters. The number of primary sulfonamides is 1. The Bertz CT molecular complexity index is 590. The summed E-state index contributed by atoms with van der Waals surface area (Å²) in [5.74, 6) is -1.04. The molecule has 21 heavy (non-hydrogen) atoms. The summed E-state index contributed by atoms with van der Waals surface area (Å²) in [5.41, 5.74) is 0.164. The molecule has 3 atom stereocenters. The van der Waals surface area contributed by atoms with E-state index < -0.39 is 40.9 Å². The third kappa shape index (κ3) is 4.73. The molecule has 0 radical (unpaired) electrons. The Morgan fingerprint density at radius 2 is 1.90 bits per heavy atom. The summed E-state index contributed by atoms with van der Waals surface area (Å²) in [6, 6.07) is 3.41. The van der Waals surface area contributed by atoms with E-state index in [9.17, 15) is 27.1 Å². The van der Waals surface area contributed by atoms with Crippen molar-refractivity contribution in [3.63, 3.8) is 0 Å². The Labute approximate surface area is 121 Å². The first kappa shape index (κ1) is 17.5. The second-order valence-corrected chi connectivity index (χ2v) is 6.01. The second kappa shape index (κ2) is 6.92. The largest absolute Gasteiger partial charge is 0.386 e. The molecule has 1 aromatic carbocycles. The smallest absolute Gasteiger partial charge is 0.254 e. The maximum Gasteiger partial charge on any atom is 0.254 e. The number of rotatable bonds is 6. The summed E-state index contributed by atoms with van der Waals surface area (Å²) < 4.78 is 47.8. The molecule has 0 spiro atoms. The molecule has 0 aliphatic carbocycles. The van der Waals surface area contributed by atoms with E-state index in [1.807, 2.05) is 5.32 Å². The molecule has 0 bridgehead atoms. The van der Waals surface area contributed by atoms with E-state index in [0.717, 1.165) is 19.1 Å². The number of nitrogens with one attached hydrogen (secondary N) is 1. The zero-order valence-corrected chi connectivity index (χ0v) is 12.0. The lowest BCUT2D eigenvalue weighted by Crippen LogP contribution is -2.43. The van der Waals surface area contributed by atoms with Gasteiger partial charge in [0.2, 0.25) is 10.0 Å². The Hall–Kier alpha value is -1.58. The number of aliphatic hydroxyl groups is 1. The van der Waals surface area contributed by atoms with Crippen molar-refractivity contribution in [1.29, 1.82) is 0 Å². The van der Waals surface area contributed by atoms with Crippen LogP contribution in [0.25, 0.3) is 0 Å². The maximum absolute atomic E-state index is 12.9. The lowest BCUT2D eigenvalue weighted by molar-refractivity contribution is -0.127.